The number of ether oxygens (including phenoxy) is 1. The van der Waals surface area contributed by atoms with Crippen molar-refractivity contribution in [3.05, 3.63) is 59.7 Å². The molecule has 0 spiro atoms. The summed E-state index contributed by atoms with van der Waals surface area (Å²) in [6.07, 6.45) is -3.94. The number of nitrogens with one attached hydrogen (secondary N) is 2. The first-order chi connectivity index (χ1) is 15.9. The molecule has 0 saturated heterocycles. The molecular weight excluding hydrogens is 434 g/mol. The maximum Gasteiger partial charge on any atom is 0.407 e. The van der Waals surface area contributed by atoms with Crippen LogP contribution in [0.25, 0.3) is 11.1 Å². The lowest BCUT2D eigenvalue weighted by Crippen LogP contribution is -2.48. The van der Waals surface area contributed by atoms with Gasteiger partial charge in [0.15, 0.2) is 0 Å². The topological polar surface area (TPSA) is 105 Å². The van der Waals surface area contributed by atoms with Crippen LogP contribution in [-0.4, -0.2) is 48.7 Å². The van der Waals surface area contributed by atoms with E-state index in [0.717, 1.165) is 22.3 Å². The Bertz CT molecular complexity index is 953. The van der Waals surface area contributed by atoms with E-state index in [9.17, 15) is 23.2 Å². The summed E-state index contributed by atoms with van der Waals surface area (Å²) in [5.74, 6) is -1.91. The minimum atomic E-state index is -2.80. The number of carbonyl (C=O) groups excluding carboxylic acids is 2. The van der Waals surface area contributed by atoms with Gasteiger partial charge in [-0.2, -0.15) is 0 Å². The average Bonchev–Trinajstić information content (AvgIpc) is 3.10. The number of carbonyl (C=O) groups is 3. The zero-order chi connectivity index (χ0) is 23.8. The number of hydrogen-bond donors (Lipinski definition) is 3. The Hall–Kier alpha value is -3.49. The number of rotatable bonds is 11. The van der Waals surface area contributed by atoms with Gasteiger partial charge in [0.05, 0.1) is 0 Å². The van der Waals surface area contributed by atoms with E-state index < -0.39 is 36.9 Å². The number of carboxylic acid groups (broad SMARTS) is 1. The molecule has 2 aromatic carbocycles. The lowest BCUT2D eigenvalue weighted by molar-refractivity contribution is -0.137. The molecule has 1 atom stereocenters. The van der Waals surface area contributed by atoms with E-state index in [2.05, 4.69) is 10.6 Å². The third-order valence-corrected chi connectivity index (χ3v) is 5.48. The summed E-state index contributed by atoms with van der Waals surface area (Å²) in [7, 11) is 0. The van der Waals surface area contributed by atoms with Crippen LogP contribution in [0.1, 0.15) is 42.7 Å². The first-order valence-corrected chi connectivity index (χ1v) is 10.8. The Morgan fingerprint density at radius 2 is 1.58 bits per heavy atom. The van der Waals surface area contributed by atoms with Crippen LogP contribution in [0.4, 0.5) is 13.6 Å². The van der Waals surface area contributed by atoms with Crippen molar-refractivity contribution in [2.45, 2.75) is 44.1 Å². The Labute approximate surface area is 190 Å². The molecule has 7 nitrogen and oxygen atoms in total. The van der Waals surface area contributed by atoms with Gasteiger partial charge in [0.2, 0.25) is 12.3 Å². The summed E-state index contributed by atoms with van der Waals surface area (Å²) < 4.78 is 31.2. The van der Waals surface area contributed by atoms with E-state index in [4.69, 9.17) is 9.84 Å². The van der Waals surface area contributed by atoms with Gasteiger partial charge in [-0.05, 0) is 35.1 Å². The highest BCUT2D eigenvalue weighted by Gasteiger charge is 2.30. The van der Waals surface area contributed by atoms with Crippen molar-refractivity contribution >= 4 is 18.0 Å². The quantitative estimate of drug-likeness (QED) is 0.441. The van der Waals surface area contributed by atoms with Crippen molar-refractivity contribution in [1.29, 1.82) is 0 Å². The molecule has 0 aliphatic heterocycles. The number of alkyl carbamates (subject to hydrolysis) is 1. The fourth-order valence-electron chi connectivity index (χ4n) is 3.93. The molecule has 3 N–H and O–H groups in total. The largest absolute Gasteiger partial charge is 0.481 e. The maximum absolute atomic E-state index is 13.0. The number of benzene rings is 2. The van der Waals surface area contributed by atoms with Crippen molar-refractivity contribution in [2.75, 3.05) is 13.2 Å². The van der Waals surface area contributed by atoms with E-state index in [1.54, 1.807) is 0 Å². The Kier molecular flexibility index (Phi) is 8.34. The minimum Gasteiger partial charge on any atom is -0.481 e. The molecule has 0 aromatic heterocycles. The van der Waals surface area contributed by atoms with Crippen molar-refractivity contribution in [1.82, 2.24) is 10.6 Å². The highest BCUT2D eigenvalue weighted by Crippen LogP contribution is 2.44. The molecule has 3 rings (SSSR count). The molecule has 9 heteroatoms. The monoisotopic (exact) mass is 460 g/mol. The number of halogens is 2. The van der Waals surface area contributed by atoms with Gasteiger partial charge in [-0.3, -0.25) is 9.59 Å². The molecule has 1 aliphatic rings. The van der Waals surface area contributed by atoms with Crippen molar-refractivity contribution in [2.24, 2.45) is 0 Å². The van der Waals surface area contributed by atoms with Crippen molar-refractivity contribution < 1.29 is 33.0 Å². The SMILES string of the molecule is O=C(O)CCCCNC(=O)C(CC(F)F)NC(=O)OCC1c2ccccc2-c2ccccc21. The van der Waals surface area contributed by atoms with Gasteiger partial charge in [0.25, 0.3) is 0 Å². The summed E-state index contributed by atoms with van der Waals surface area (Å²) in [6, 6.07) is 14.1. The molecule has 0 bridgehead atoms. The van der Waals surface area contributed by atoms with Crippen LogP contribution in [-0.2, 0) is 14.3 Å². The summed E-state index contributed by atoms with van der Waals surface area (Å²) in [4.78, 5) is 35.1. The molecule has 0 fully saturated rings. The van der Waals surface area contributed by atoms with Gasteiger partial charge >= 0.3 is 12.1 Å². The fraction of sp³-hybridized carbons (Fsp3) is 0.375. The molecule has 0 heterocycles. The molecule has 2 aromatic rings. The Morgan fingerprint density at radius 3 is 2.15 bits per heavy atom. The zero-order valence-electron chi connectivity index (χ0n) is 17.9. The van der Waals surface area contributed by atoms with Crippen LogP contribution in [0, 0.1) is 0 Å². The summed E-state index contributed by atoms with van der Waals surface area (Å²) in [6.45, 7) is 0.121. The third kappa shape index (κ3) is 6.50. The Morgan fingerprint density at radius 1 is 0.970 bits per heavy atom. The fourth-order valence-corrected chi connectivity index (χ4v) is 3.93. The van der Waals surface area contributed by atoms with Crippen LogP contribution >= 0.6 is 0 Å². The first-order valence-electron chi connectivity index (χ1n) is 10.8. The van der Waals surface area contributed by atoms with Gasteiger partial charge in [0, 0.05) is 25.3 Å². The number of fused-ring (bicyclic) bond motifs is 3. The second kappa shape index (κ2) is 11.4. The first kappa shape index (κ1) is 24.2. The highest BCUT2D eigenvalue weighted by molar-refractivity contribution is 5.85. The molecule has 176 valence electrons. The van der Waals surface area contributed by atoms with Gasteiger partial charge in [-0.15, -0.1) is 0 Å². The lowest BCUT2D eigenvalue weighted by atomic mass is 9.98. The number of hydrogen-bond acceptors (Lipinski definition) is 4. The van der Waals surface area contributed by atoms with Crippen LogP contribution in [0.3, 0.4) is 0 Å². The maximum atomic E-state index is 13.0. The van der Waals surface area contributed by atoms with Gasteiger partial charge in [-0.1, -0.05) is 48.5 Å². The average molecular weight is 460 g/mol. The number of carboxylic acids is 1. The van der Waals surface area contributed by atoms with E-state index in [1.807, 2.05) is 48.5 Å². The molecular formula is C24H26F2N2O5. The van der Waals surface area contributed by atoms with E-state index in [-0.39, 0.29) is 25.5 Å². The van der Waals surface area contributed by atoms with Crippen LogP contribution < -0.4 is 10.6 Å². The number of alkyl halides is 2. The van der Waals surface area contributed by atoms with Crippen LogP contribution in [0.5, 0.6) is 0 Å². The second-order valence-electron chi connectivity index (χ2n) is 7.79. The predicted octanol–water partition coefficient (Wildman–Crippen LogP) is 3.92. The van der Waals surface area contributed by atoms with Gasteiger partial charge in [-0.25, -0.2) is 13.6 Å². The summed E-state index contributed by atoms with van der Waals surface area (Å²) in [5.41, 5.74) is 4.13. The predicted molar refractivity (Wildman–Crippen MR) is 117 cm³/mol. The standard InChI is InChI=1S/C24H26F2N2O5/c25-21(26)13-20(23(31)27-12-6-5-11-22(29)30)28-24(32)33-14-19-17-9-3-1-7-15(17)16-8-2-4-10-18(16)19/h1-4,7-10,19-21H,5-6,11-14H2,(H,27,31)(H,28,32)(H,29,30). The smallest absolute Gasteiger partial charge is 0.407 e. The molecule has 1 aliphatic carbocycles. The number of amides is 2. The number of aliphatic carboxylic acids is 1. The second-order valence-corrected chi connectivity index (χ2v) is 7.79. The summed E-state index contributed by atoms with van der Waals surface area (Å²) in [5, 5.41) is 13.3. The molecule has 33 heavy (non-hydrogen) atoms. The molecule has 0 radical (unpaired) electrons. The van der Waals surface area contributed by atoms with Crippen molar-refractivity contribution in [3.63, 3.8) is 0 Å². The molecule has 2 amide bonds. The Balaban J connectivity index is 1.56. The van der Waals surface area contributed by atoms with Crippen LogP contribution in [0.2, 0.25) is 0 Å². The number of unbranched alkanes of at least 4 members (excludes halogenated alkanes) is 1. The normalized spacial score (nSPS) is 13.2. The van der Waals surface area contributed by atoms with Crippen molar-refractivity contribution in [3.8, 4) is 11.1 Å². The minimum absolute atomic E-state index is 0.00192. The van der Waals surface area contributed by atoms with Gasteiger partial charge < -0.3 is 20.5 Å². The van der Waals surface area contributed by atoms with E-state index in [1.165, 1.54) is 0 Å². The van der Waals surface area contributed by atoms with Crippen LogP contribution in [0.15, 0.2) is 48.5 Å². The van der Waals surface area contributed by atoms with E-state index >= 15 is 0 Å². The summed E-state index contributed by atoms with van der Waals surface area (Å²) >= 11 is 0. The lowest BCUT2D eigenvalue weighted by Gasteiger charge is -2.19. The van der Waals surface area contributed by atoms with E-state index in [0.29, 0.717) is 12.8 Å². The zero-order valence-corrected chi connectivity index (χ0v) is 17.9. The van der Waals surface area contributed by atoms with Gasteiger partial charge in [0.1, 0.15) is 12.6 Å². The third-order valence-electron chi connectivity index (χ3n) is 5.48. The molecule has 1 unspecified atom stereocenters. The highest BCUT2D eigenvalue weighted by atomic mass is 19.3. The molecule has 0 saturated carbocycles.